The molecular formula is C17H24Cl2N2O3S. The number of piperidine rings is 1. The van der Waals surface area contributed by atoms with Gasteiger partial charge < -0.3 is 5.32 Å². The first-order valence-electron chi connectivity index (χ1n) is 8.53. The second-order valence-electron chi connectivity index (χ2n) is 6.30. The van der Waals surface area contributed by atoms with Gasteiger partial charge in [0.05, 0.1) is 11.7 Å². The molecule has 1 heterocycles. The Hall–Kier alpha value is -0.820. The molecule has 1 fully saturated rings. The summed E-state index contributed by atoms with van der Waals surface area (Å²) >= 11 is 12.2. The van der Waals surface area contributed by atoms with Crippen LogP contribution in [0.4, 0.5) is 0 Å². The molecule has 140 valence electrons. The molecule has 1 aliphatic rings. The fraction of sp³-hybridized carbons (Fsp3) is 0.588. The lowest BCUT2D eigenvalue weighted by atomic mass is 9.99. The van der Waals surface area contributed by atoms with Crippen LogP contribution in [0, 0.1) is 5.92 Å². The van der Waals surface area contributed by atoms with Crippen LogP contribution < -0.4 is 5.32 Å². The summed E-state index contributed by atoms with van der Waals surface area (Å²) in [6.45, 7) is 3.32. The van der Waals surface area contributed by atoms with Crippen molar-refractivity contribution in [2.24, 2.45) is 5.92 Å². The molecule has 0 bridgehead atoms. The number of unbranched alkanes of at least 4 members (excludes halogenated alkanes) is 1. The van der Waals surface area contributed by atoms with E-state index in [-0.39, 0.29) is 24.1 Å². The van der Waals surface area contributed by atoms with Crippen molar-refractivity contribution < 1.29 is 13.2 Å². The third kappa shape index (κ3) is 5.58. The summed E-state index contributed by atoms with van der Waals surface area (Å²) in [7, 11) is -3.59. The molecule has 1 aromatic carbocycles. The van der Waals surface area contributed by atoms with Crippen molar-refractivity contribution in [3.63, 3.8) is 0 Å². The Morgan fingerprint density at radius 1 is 1.32 bits per heavy atom. The van der Waals surface area contributed by atoms with E-state index >= 15 is 0 Å². The second-order valence-corrected chi connectivity index (χ2v) is 9.08. The van der Waals surface area contributed by atoms with Crippen LogP contribution in [-0.4, -0.2) is 38.3 Å². The highest BCUT2D eigenvalue weighted by Crippen LogP contribution is 2.28. The quantitative estimate of drug-likeness (QED) is 0.704. The lowest BCUT2D eigenvalue weighted by molar-refractivity contribution is -0.126. The van der Waals surface area contributed by atoms with Crippen LogP contribution in [-0.2, 0) is 20.6 Å². The Morgan fingerprint density at radius 2 is 2.00 bits per heavy atom. The van der Waals surface area contributed by atoms with Gasteiger partial charge in [-0.05, 0) is 31.4 Å². The van der Waals surface area contributed by atoms with Gasteiger partial charge >= 0.3 is 0 Å². The van der Waals surface area contributed by atoms with Gasteiger partial charge in [-0.25, -0.2) is 12.7 Å². The molecule has 1 N–H and O–H groups in total. The minimum atomic E-state index is -3.59. The molecule has 1 saturated heterocycles. The van der Waals surface area contributed by atoms with Gasteiger partial charge in [-0.3, -0.25) is 4.79 Å². The molecule has 0 aromatic heterocycles. The number of sulfonamides is 1. The summed E-state index contributed by atoms with van der Waals surface area (Å²) in [4.78, 5) is 12.2. The van der Waals surface area contributed by atoms with Gasteiger partial charge in [0.1, 0.15) is 0 Å². The first-order valence-corrected chi connectivity index (χ1v) is 10.9. The van der Waals surface area contributed by atoms with Gasteiger partial charge in [-0.15, -0.1) is 0 Å². The summed E-state index contributed by atoms with van der Waals surface area (Å²) in [6, 6.07) is 4.93. The van der Waals surface area contributed by atoms with Crippen molar-refractivity contribution in [3.8, 4) is 0 Å². The number of nitrogens with one attached hydrogen (secondary N) is 1. The number of hydrogen-bond donors (Lipinski definition) is 1. The number of rotatable bonds is 7. The smallest absolute Gasteiger partial charge is 0.224 e. The third-order valence-electron chi connectivity index (χ3n) is 4.37. The molecule has 0 spiro atoms. The van der Waals surface area contributed by atoms with E-state index in [0.29, 0.717) is 41.5 Å². The number of benzene rings is 1. The molecule has 0 saturated carbocycles. The van der Waals surface area contributed by atoms with E-state index in [1.165, 1.54) is 4.31 Å². The predicted molar refractivity (Wildman–Crippen MR) is 101 cm³/mol. The lowest BCUT2D eigenvalue weighted by Crippen LogP contribution is -2.45. The topological polar surface area (TPSA) is 66.5 Å². The highest BCUT2D eigenvalue weighted by atomic mass is 35.5. The van der Waals surface area contributed by atoms with Gasteiger partial charge in [0.25, 0.3) is 0 Å². The van der Waals surface area contributed by atoms with Crippen molar-refractivity contribution in [1.82, 2.24) is 9.62 Å². The molecule has 25 heavy (non-hydrogen) atoms. The van der Waals surface area contributed by atoms with Gasteiger partial charge in [0, 0.05) is 35.2 Å². The van der Waals surface area contributed by atoms with E-state index in [0.717, 1.165) is 12.8 Å². The summed E-state index contributed by atoms with van der Waals surface area (Å²) in [5.41, 5.74) is 0.403. The number of amides is 1. The molecule has 1 atom stereocenters. The van der Waals surface area contributed by atoms with Crippen LogP contribution in [0.1, 0.15) is 38.2 Å². The van der Waals surface area contributed by atoms with E-state index in [2.05, 4.69) is 12.2 Å². The zero-order chi connectivity index (χ0) is 18.4. The first kappa shape index (κ1) is 20.5. The normalized spacial score (nSPS) is 18.9. The SMILES string of the molecule is CCCCNC(=O)[C@H]1CCCN(S(=O)(=O)Cc2c(Cl)cccc2Cl)C1. The Labute approximate surface area is 159 Å². The maximum atomic E-state index is 12.8. The molecular weight excluding hydrogens is 383 g/mol. The Bertz CT molecular complexity index is 690. The van der Waals surface area contributed by atoms with Crippen molar-refractivity contribution >= 4 is 39.1 Å². The molecule has 1 amide bonds. The highest BCUT2D eigenvalue weighted by molar-refractivity contribution is 7.88. The zero-order valence-corrected chi connectivity index (χ0v) is 16.6. The summed E-state index contributed by atoms with van der Waals surface area (Å²) < 4.78 is 26.9. The number of hydrogen-bond acceptors (Lipinski definition) is 3. The van der Waals surface area contributed by atoms with Crippen molar-refractivity contribution in [3.05, 3.63) is 33.8 Å². The van der Waals surface area contributed by atoms with Crippen LogP contribution in [0.25, 0.3) is 0 Å². The van der Waals surface area contributed by atoms with Gasteiger partial charge in [0.15, 0.2) is 0 Å². The van der Waals surface area contributed by atoms with E-state index in [4.69, 9.17) is 23.2 Å². The molecule has 8 heteroatoms. The van der Waals surface area contributed by atoms with Crippen LogP contribution in [0.15, 0.2) is 18.2 Å². The van der Waals surface area contributed by atoms with E-state index < -0.39 is 10.0 Å². The third-order valence-corrected chi connectivity index (χ3v) is 6.85. The van der Waals surface area contributed by atoms with Gasteiger partial charge in [-0.1, -0.05) is 42.6 Å². The van der Waals surface area contributed by atoms with E-state index in [1.54, 1.807) is 18.2 Å². The molecule has 5 nitrogen and oxygen atoms in total. The average molecular weight is 407 g/mol. The van der Waals surface area contributed by atoms with E-state index in [9.17, 15) is 13.2 Å². The number of halogens is 2. The summed E-state index contributed by atoms with van der Waals surface area (Å²) in [5, 5.41) is 3.56. The summed E-state index contributed by atoms with van der Waals surface area (Å²) in [6.07, 6.45) is 3.30. The maximum absolute atomic E-state index is 12.8. The molecule has 1 aromatic rings. The van der Waals surface area contributed by atoms with Crippen molar-refractivity contribution in [1.29, 1.82) is 0 Å². The molecule has 1 aliphatic heterocycles. The minimum Gasteiger partial charge on any atom is -0.356 e. The fourth-order valence-corrected chi connectivity index (χ4v) is 5.25. The largest absolute Gasteiger partial charge is 0.356 e. The highest BCUT2D eigenvalue weighted by Gasteiger charge is 2.33. The zero-order valence-electron chi connectivity index (χ0n) is 14.3. The molecule has 0 aliphatic carbocycles. The number of nitrogens with zero attached hydrogens (tertiary/aromatic N) is 1. The second kappa shape index (κ2) is 9.21. The van der Waals surface area contributed by atoms with Crippen LogP contribution in [0.3, 0.4) is 0 Å². The Balaban J connectivity index is 2.05. The Kier molecular flexibility index (Phi) is 7.55. The van der Waals surface area contributed by atoms with Gasteiger partial charge in [0.2, 0.25) is 15.9 Å². The molecule has 2 rings (SSSR count). The van der Waals surface area contributed by atoms with Crippen molar-refractivity contribution in [2.45, 2.75) is 38.4 Å². The van der Waals surface area contributed by atoms with Crippen LogP contribution >= 0.6 is 23.2 Å². The fourth-order valence-electron chi connectivity index (χ4n) is 2.89. The monoisotopic (exact) mass is 406 g/mol. The maximum Gasteiger partial charge on any atom is 0.224 e. The lowest BCUT2D eigenvalue weighted by Gasteiger charge is -2.31. The number of carbonyl (C=O) groups excluding carboxylic acids is 1. The van der Waals surface area contributed by atoms with Crippen molar-refractivity contribution in [2.75, 3.05) is 19.6 Å². The van der Waals surface area contributed by atoms with Crippen LogP contribution in [0.5, 0.6) is 0 Å². The van der Waals surface area contributed by atoms with E-state index in [1.807, 2.05) is 0 Å². The number of carbonyl (C=O) groups is 1. The average Bonchev–Trinajstić information content (AvgIpc) is 2.58. The predicted octanol–water partition coefficient (Wildman–Crippen LogP) is 3.45. The Morgan fingerprint density at radius 3 is 2.64 bits per heavy atom. The summed E-state index contributed by atoms with van der Waals surface area (Å²) in [5.74, 6) is -0.624. The molecule has 0 unspecified atom stereocenters. The van der Waals surface area contributed by atoms with Crippen LogP contribution in [0.2, 0.25) is 10.0 Å². The molecule has 0 radical (unpaired) electrons. The minimum absolute atomic E-state index is 0.0656. The van der Waals surface area contributed by atoms with Gasteiger partial charge in [-0.2, -0.15) is 0 Å². The first-order chi connectivity index (χ1) is 11.8. The standard InChI is InChI=1S/C17H24Cl2N2O3S/c1-2-3-9-20-17(22)13-6-5-10-21(11-13)25(23,24)12-14-15(18)7-4-8-16(14)19/h4,7-8,13H,2-3,5-6,9-12H2,1H3,(H,20,22)/t13-/m0/s1.